The Morgan fingerprint density at radius 2 is 1.87 bits per heavy atom. The van der Waals surface area contributed by atoms with Gasteiger partial charge in [0.1, 0.15) is 35.3 Å². The SMILES string of the molecule is Fc1cccc(Cl)c1-n1ncc2cnc(Nc3cc(N4CCOCC4)ncn3)cc21. The molecule has 0 unspecified atom stereocenters. The van der Waals surface area contributed by atoms with Crippen molar-refractivity contribution in [2.24, 2.45) is 0 Å². The normalized spacial score (nSPS) is 14.3. The number of para-hydroxylation sites is 1. The smallest absolute Gasteiger partial charge is 0.150 e. The number of ether oxygens (including phenoxy) is 1. The average Bonchev–Trinajstić information content (AvgIpc) is 3.17. The van der Waals surface area contributed by atoms with Crippen LogP contribution in [0.4, 0.5) is 21.8 Å². The van der Waals surface area contributed by atoms with Crippen LogP contribution >= 0.6 is 11.6 Å². The minimum Gasteiger partial charge on any atom is -0.378 e. The maximum Gasteiger partial charge on any atom is 0.150 e. The number of halogens is 2. The second-order valence-electron chi connectivity index (χ2n) is 6.74. The summed E-state index contributed by atoms with van der Waals surface area (Å²) in [5.74, 6) is 1.52. The highest BCUT2D eigenvalue weighted by Gasteiger charge is 2.15. The molecule has 0 spiro atoms. The van der Waals surface area contributed by atoms with E-state index in [1.54, 1.807) is 30.6 Å². The third-order valence-electron chi connectivity index (χ3n) is 4.85. The molecule has 4 aromatic rings. The van der Waals surface area contributed by atoms with Crippen LogP contribution in [0.1, 0.15) is 0 Å². The van der Waals surface area contributed by atoms with Crippen LogP contribution in [0.25, 0.3) is 16.6 Å². The Labute approximate surface area is 176 Å². The number of aromatic nitrogens is 5. The third-order valence-corrected chi connectivity index (χ3v) is 5.15. The lowest BCUT2D eigenvalue weighted by Gasteiger charge is -2.27. The van der Waals surface area contributed by atoms with E-state index in [0.29, 0.717) is 30.4 Å². The first-order valence-corrected chi connectivity index (χ1v) is 9.77. The molecule has 1 saturated heterocycles. The number of pyridine rings is 1. The minimum atomic E-state index is -0.454. The number of rotatable bonds is 4. The molecule has 0 radical (unpaired) electrons. The lowest BCUT2D eigenvalue weighted by Crippen LogP contribution is -2.36. The van der Waals surface area contributed by atoms with Crippen molar-refractivity contribution < 1.29 is 9.13 Å². The van der Waals surface area contributed by atoms with Crippen LogP contribution in [0.5, 0.6) is 0 Å². The van der Waals surface area contributed by atoms with E-state index in [0.717, 1.165) is 24.3 Å². The molecule has 1 fully saturated rings. The summed E-state index contributed by atoms with van der Waals surface area (Å²) in [5.41, 5.74) is 0.866. The fourth-order valence-electron chi connectivity index (χ4n) is 3.37. The highest BCUT2D eigenvalue weighted by atomic mass is 35.5. The maximum absolute atomic E-state index is 14.4. The van der Waals surface area contributed by atoms with E-state index in [9.17, 15) is 4.39 Å². The quantitative estimate of drug-likeness (QED) is 0.535. The maximum atomic E-state index is 14.4. The highest BCUT2D eigenvalue weighted by molar-refractivity contribution is 6.32. The van der Waals surface area contributed by atoms with E-state index < -0.39 is 5.82 Å². The van der Waals surface area contributed by atoms with Gasteiger partial charge in [0.25, 0.3) is 0 Å². The Morgan fingerprint density at radius 3 is 2.70 bits per heavy atom. The van der Waals surface area contributed by atoms with Gasteiger partial charge in [0.15, 0.2) is 0 Å². The van der Waals surface area contributed by atoms with Crippen molar-refractivity contribution in [2.45, 2.75) is 0 Å². The van der Waals surface area contributed by atoms with E-state index >= 15 is 0 Å². The van der Waals surface area contributed by atoms with E-state index in [1.165, 1.54) is 17.1 Å². The van der Waals surface area contributed by atoms with Crippen LogP contribution in [0.15, 0.2) is 49.1 Å². The molecular formula is C20H17ClFN7O. The Hall–Kier alpha value is -3.30. The lowest BCUT2D eigenvalue weighted by molar-refractivity contribution is 0.122. The van der Waals surface area contributed by atoms with E-state index in [2.05, 4.69) is 30.3 Å². The topological polar surface area (TPSA) is 81.0 Å². The van der Waals surface area contributed by atoms with Gasteiger partial charge in [0.2, 0.25) is 0 Å². The average molecular weight is 426 g/mol. The number of anilines is 3. The molecule has 1 aliphatic heterocycles. The van der Waals surface area contributed by atoms with Crippen molar-refractivity contribution in [3.8, 4) is 5.69 Å². The zero-order valence-electron chi connectivity index (χ0n) is 15.8. The molecule has 3 aromatic heterocycles. The second kappa shape index (κ2) is 7.85. The van der Waals surface area contributed by atoms with Gasteiger partial charge >= 0.3 is 0 Å². The van der Waals surface area contributed by atoms with Crippen molar-refractivity contribution in [1.82, 2.24) is 24.7 Å². The van der Waals surface area contributed by atoms with Gasteiger partial charge in [-0.1, -0.05) is 17.7 Å². The first-order chi connectivity index (χ1) is 14.7. The molecule has 0 amide bonds. The molecule has 30 heavy (non-hydrogen) atoms. The molecule has 1 aromatic carbocycles. The van der Waals surface area contributed by atoms with E-state index in [-0.39, 0.29) is 10.7 Å². The van der Waals surface area contributed by atoms with Crippen LogP contribution in [-0.2, 0) is 4.74 Å². The van der Waals surface area contributed by atoms with Crippen molar-refractivity contribution in [1.29, 1.82) is 0 Å². The molecule has 4 heterocycles. The van der Waals surface area contributed by atoms with Gasteiger partial charge < -0.3 is 15.0 Å². The monoisotopic (exact) mass is 425 g/mol. The van der Waals surface area contributed by atoms with Gasteiger partial charge in [0.05, 0.1) is 29.9 Å². The summed E-state index contributed by atoms with van der Waals surface area (Å²) < 4.78 is 21.3. The first-order valence-electron chi connectivity index (χ1n) is 9.39. The van der Waals surface area contributed by atoms with Crippen molar-refractivity contribution in [3.05, 3.63) is 59.9 Å². The zero-order valence-corrected chi connectivity index (χ0v) is 16.6. The molecule has 0 saturated carbocycles. The zero-order chi connectivity index (χ0) is 20.5. The predicted octanol–water partition coefficient (Wildman–Crippen LogP) is 3.58. The van der Waals surface area contributed by atoms with Crippen molar-refractivity contribution in [3.63, 3.8) is 0 Å². The standard InChI is InChI=1S/C20H17ClFN7O/c21-14-2-1-3-15(22)20(14)29-16-8-17(23-10-13(16)11-26-29)27-18-9-19(25-12-24-18)28-4-6-30-7-5-28/h1-3,8-12H,4-7H2,(H,23,24,25,27). The van der Waals surface area contributed by atoms with Crippen molar-refractivity contribution >= 4 is 40.0 Å². The number of morpholine rings is 1. The molecule has 1 N–H and O–H groups in total. The number of nitrogens with one attached hydrogen (secondary N) is 1. The van der Waals surface area contributed by atoms with Gasteiger partial charge in [-0.15, -0.1) is 0 Å². The molecule has 0 atom stereocenters. The summed E-state index contributed by atoms with van der Waals surface area (Å²) in [4.78, 5) is 15.2. The third kappa shape index (κ3) is 3.53. The van der Waals surface area contributed by atoms with Gasteiger partial charge in [0, 0.05) is 36.8 Å². The van der Waals surface area contributed by atoms with Gasteiger partial charge in [-0.25, -0.2) is 24.0 Å². The molecule has 1 aliphatic rings. The number of benzene rings is 1. The number of fused-ring (bicyclic) bond motifs is 1. The molecule has 10 heteroatoms. The summed E-state index contributed by atoms with van der Waals surface area (Å²) in [6.45, 7) is 2.91. The Balaban J connectivity index is 1.47. The lowest BCUT2D eigenvalue weighted by atomic mass is 10.3. The van der Waals surface area contributed by atoms with Gasteiger partial charge in [-0.05, 0) is 12.1 Å². The molecule has 8 nitrogen and oxygen atoms in total. The van der Waals surface area contributed by atoms with Gasteiger partial charge in [-0.2, -0.15) is 5.10 Å². The molecule has 152 valence electrons. The molecular weight excluding hydrogens is 409 g/mol. The summed E-state index contributed by atoms with van der Waals surface area (Å²) in [7, 11) is 0. The Kier molecular flexibility index (Phi) is 4.89. The highest BCUT2D eigenvalue weighted by Crippen LogP contribution is 2.28. The summed E-state index contributed by atoms with van der Waals surface area (Å²) in [6, 6.07) is 8.18. The summed E-state index contributed by atoms with van der Waals surface area (Å²) >= 11 is 6.22. The first kappa shape index (κ1) is 18.7. The van der Waals surface area contributed by atoms with Crippen LogP contribution in [0.3, 0.4) is 0 Å². The summed E-state index contributed by atoms with van der Waals surface area (Å²) in [5, 5.41) is 8.51. The Morgan fingerprint density at radius 1 is 1.03 bits per heavy atom. The van der Waals surface area contributed by atoms with Crippen LogP contribution in [-0.4, -0.2) is 51.0 Å². The number of hydrogen-bond acceptors (Lipinski definition) is 7. The summed E-state index contributed by atoms with van der Waals surface area (Å²) in [6.07, 6.45) is 4.80. The van der Waals surface area contributed by atoms with Crippen molar-refractivity contribution in [2.75, 3.05) is 36.5 Å². The fourth-order valence-corrected chi connectivity index (χ4v) is 3.61. The van der Waals surface area contributed by atoms with Crippen LogP contribution in [0, 0.1) is 5.82 Å². The largest absolute Gasteiger partial charge is 0.378 e. The second-order valence-corrected chi connectivity index (χ2v) is 7.15. The van der Waals surface area contributed by atoms with E-state index in [1.807, 2.05) is 6.07 Å². The fraction of sp³-hybridized carbons (Fsp3) is 0.200. The molecule has 0 bridgehead atoms. The molecule has 5 rings (SSSR count). The molecule has 0 aliphatic carbocycles. The predicted molar refractivity (Wildman–Crippen MR) is 112 cm³/mol. The van der Waals surface area contributed by atoms with E-state index in [4.69, 9.17) is 16.3 Å². The Bertz CT molecular complexity index is 1190. The number of nitrogens with zero attached hydrogens (tertiary/aromatic N) is 6. The van der Waals surface area contributed by atoms with Gasteiger partial charge in [-0.3, -0.25) is 0 Å². The van der Waals surface area contributed by atoms with Crippen LogP contribution in [0.2, 0.25) is 5.02 Å². The number of hydrogen-bond donors (Lipinski definition) is 1. The van der Waals surface area contributed by atoms with Crippen LogP contribution < -0.4 is 10.2 Å². The minimum absolute atomic E-state index is 0.197.